The summed E-state index contributed by atoms with van der Waals surface area (Å²) < 4.78 is 32.6. The van der Waals surface area contributed by atoms with Gasteiger partial charge in [-0.3, -0.25) is 4.79 Å². The van der Waals surface area contributed by atoms with E-state index in [1.165, 1.54) is 16.4 Å². The fourth-order valence-corrected chi connectivity index (χ4v) is 5.17. The molecule has 0 aromatic heterocycles. The van der Waals surface area contributed by atoms with E-state index < -0.39 is 10.0 Å². The van der Waals surface area contributed by atoms with Crippen LogP contribution in [0.3, 0.4) is 0 Å². The third kappa shape index (κ3) is 4.57. The largest absolute Gasteiger partial charge is 0.377 e. The van der Waals surface area contributed by atoms with Crippen LogP contribution in [0.2, 0.25) is 5.02 Å². The molecule has 26 heavy (non-hydrogen) atoms. The average molecular weight is 403 g/mol. The lowest BCUT2D eigenvalue weighted by molar-refractivity contribution is 0.00723. The van der Waals surface area contributed by atoms with Crippen LogP contribution in [-0.4, -0.2) is 62.4 Å². The van der Waals surface area contributed by atoms with E-state index >= 15 is 0 Å². The Hall–Kier alpha value is -1.15. The van der Waals surface area contributed by atoms with E-state index in [0.29, 0.717) is 38.3 Å². The molecular weight excluding hydrogens is 376 g/mol. The molecule has 0 saturated carbocycles. The molecule has 1 aliphatic heterocycles. The van der Waals surface area contributed by atoms with E-state index in [0.717, 1.165) is 12.8 Å². The van der Waals surface area contributed by atoms with Gasteiger partial charge >= 0.3 is 0 Å². The molecule has 0 N–H and O–H groups in total. The molecular formula is C18H27ClN2O4S. The van der Waals surface area contributed by atoms with Crippen molar-refractivity contribution < 1.29 is 17.9 Å². The molecule has 0 aliphatic carbocycles. The van der Waals surface area contributed by atoms with Crippen molar-refractivity contribution in [1.82, 2.24) is 9.21 Å². The van der Waals surface area contributed by atoms with Crippen molar-refractivity contribution >= 4 is 27.5 Å². The Morgan fingerprint density at radius 2 is 2.00 bits per heavy atom. The third-order valence-electron chi connectivity index (χ3n) is 4.57. The first-order valence-corrected chi connectivity index (χ1v) is 10.9. The minimum Gasteiger partial charge on any atom is -0.377 e. The van der Waals surface area contributed by atoms with Gasteiger partial charge < -0.3 is 9.64 Å². The van der Waals surface area contributed by atoms with Crippen molar-refractivity contribution in [3.8, 4) is 0 Å². The lowest BCUT2D eigenvalue weighted by atomic mass is 10.1. The quantitative estimate of drug-likeness (QED) is 0.703. The van der Waals surface area contributed by atoms with Gasteiger partial charge in [0.25, 0.3) is 5.91 Å². The van der Waals surface area contributed by atoms with Crippen LogP contribution in [0.4, 0.5) is 0 Å². The number of carbonyl (C=O) groups is 1. The lowest BCUT2D eigenvalue weighted by Gasteiger charge is -2.32. The second kappa shape index (κ2) is 9.17. The number of rotatable bonds is 7. The van der Waals surface area contributed by atoms with E-state index in [9.17, 15) is 13.2 Å². The molecule has 1 saturated heterocycles. The molecule has 1 unspecified atom stereocenters. The number of amides is 1. The second-order valence-corrected chi connectivity index (χ2v) is 8.52. The van der Waals surface area contributed by atoms with Crippen LogP contribution in [0, 0.1) is 0 Å². The zero-order valence-electron chi connectivity index (χ0n) is 15.6. The number of carbonyl (C=O) groups excluding carboxylic acids is 1. The van der Waals surface area contributed by atoms with Crippen molar-refractivity contribution in [2.24, 2.45) is 0 Å². The highest BCUT2D eigenvalue weighted by Gasteiger charge is 2.28. The second-order valence-electron chi connectivity index (χ2n) is 6.21. The molecule has 1 aromatic carbocycles. The van der Waals surface area contributed by atoms with Gasteiger partial charge in [-0.25, -0.2) is 8.42 Å². The molecule has 1 aromatic rings. The van der Waals surface area contributed by atoms with Gasteiger partial charge in [-0.15, -0.1) is 0 Å². The molecule has 0 bridgehead atoms. The highest BCUT2D eigenvalue weighted by atomic mass is 35.5. The fourth-order valence-electron chi connectivity index (χ4n) is 3.21. The molecule has 0 spiro atoms. The minimum atomic E-state index is -3.73. The van der Waals surface area contributed by atoms with Gasteiger partial charge in [-0.1, -0.05) is 25.4 Å². The predicted molar refractivity (Wildman–Crippen MR) is 102 cm³/mol. The highest BCUT2D eigenvalue weighted by molar-refractivity contribution is 7.89. The maximum absolute atomic E-state index is 12.9. The summed E-state index contributed by atoms with van der Waals surface area (Å²) in [6.07, 6.45) is 1.83. The summed E-state index contributed by atoms with van der Waals surface area (Å²) in [5, 5.41) is 0.124. The molecule has 1 atom stereocenters. The maximum Gasteiger partial charge on any atom is 0.253 e. The van der Waals surface area contributed by atoms with Crippen molar-refractivity contribution in [2.75, 3.05) is 32.8 Å². The van der Waals surface area contributed by atoms with E-state index in [2.05, 4.69) is 0 Å². The number of nitrogens with zero attached hydrogens (tertiary/aromatic N) is 2. The lowest BCUT2D eigenvalue weighted by Crippen LogP contribution is -2.43. The van der Waals surface area contributed by atoms with Crippen LogP contribution in [0.5, 0.6) is 0 Å². The van der Waals surface area contributed by atoms with Crippen molar-refractivity contribution in [3.05, 3.63) is 28.8 Å². The zero-order valence-corrected chi connectivity index (χ0v) is 17.1. The first kappa shape index (κ1) is 21.2. The number of benzene rings is 1. The minimum absolute atomic E-state index is 0.0212. The predicted octanol–water partition coefficient (Wildman–Crippen LogP) is 3.01. The topological polar surface area (TPSA) is 66.9 Å². The van der Waals surface area contributed by atoms with E-state index in [-0.39, 0.29) is 21.9 Å². The van der Waals surface area contributed by atoms with Gasteiger partial charge in [-0.2, -0.15) is 4.31 Å². The Kier molecular flexibility index (Phi) is 7.46. The Morgan fingerprint density at radius 1 is 1.31 bits per heavy atom. The number of hydrogen-bond acceptors (Lipinski definition) is 4. The molecule has 1 aliphatic rings. The van der Waals surface area contributed by atoms with Gasteiger partial charge in [0.05, 0.1) is 11.1 Å². The van der Waals surface area contributed by atoms with Gasteiger partial charge in [0.15, 0.2) is 0 Å². The summed E-state index contributed by atoms with van der Waals surface area (Å²) in [5.74, 6) is -0.193. The van der Waals surface area contributed by atoms with Crippen LogP contribution in [0.25, 0.3) is 0 Å². The highest BCUT2D eigenvalue weighted by Crippen LogP contribution is 2.27. The van der Waals surface area contributed by atoms with Crippen LogP contribution < -0.4 is 0 Å². The number of sulfonamides is 1. The van der Waals surface area contributed by atoms with Gasteiger partial charge in [0, 0.05) is 38.3 Å². The smallest absolute Gasteiger partial charge is 0.253 e. The van der Waals surface area contributed by atoms with E-state index in [1.54, 1.807) is 24.8 Å². The Morgan fingerprint density at radius 3 is 2.62 bits per heavy atom. The standard InChI is InChI=1S/C18H27ClN2O4S/c1-4-21(5-2)26(23,24)17-12-14(9-10-16(17)19)18(22)20-11-7-8-15(13-20)25-6-3/h9-10,12,15H,4-8,11,13H2,1-3H3. The molecule has 8 heteroatoms. The number of halogens is 1. The first-order chi connectivity index (χ1) is 12.3. The molecule has 2 rings (SSSR count). The van der Waals surface area contributed by atoms with Crippen LogP contribution >= 0.6 is 11.6 Å². The molecule has 1 heterocycles. The van der Waals surface area contributed by atoms with Crippen molar-refractivity contribution in [1.29, 1.82) is 0 Å². The van der Waals surface area contributed by atoms with Crippen LogP contribution in [-0.2, 0) is 14.8 Å². The Labute approximate surface area is 161 Å². The Balaban J connectivity index is 2.30. The number of ether oxygens (including phenoxy) is 1. The van der Waals surface area contributed by atoms with Crippen molar-refractivity contribution in [3.63, 3.8) is 0 Å². The molecule has 1 fully saturated rings. The SMILES string of the molecule is CCOC1CCCN(C(=O)c2ccc(Cl)c(S(=O)(=O)N(CC)CC)c2)C1. The summed E-state index contributed by atoms with van der Waals surface area (Å²) in [7, 11) is -3.73. The van der Waals surface area contributed by atoms with Crippen LogP contribution in [0.15, 0.2) is 23.1 Å². The maximum atomic E-state index is 12.9. The van der Waals surface area contributed by atoms with Crippen LogP contribution in [0.1, 0.15) is 44.0 Å². The summed E-state index contributed by atoms with van der Waals surface area (Å²) >= 11 is 6.14. The number of likely N-dealkylation sites (tertiary alicyclic amines) is 1. The normalized spacial score (nSPS) is 18.3. The Bertz CT molecular complexity index is 733. The van der Waals surface area contributed by atoms with Crippen molar-refractivity contribution in [2.45, 2.75) is 44.6 Å². The van der Waals surface area contributed by atoms with E-state index in [4.69, 9.17) is 16.3 Å². The number of piperidine rings is 1. The number of hydrogen-bond donors (Lipinski definition) is 0. The molecule has 0 radical (unpaired) electrons. The summed E-state index contributed by atoms with van der Waals surface area (Å²) in [6, 6.07) is 4.45. The molecule has 146 valence electrons. The van der Waals surface area contributed by atoms with Gasteiger partial charge in [-0.05, 0) is 38.0 Å². The third-order valence-corrected chi connectivity index (χ3v) is 7.10. The fraction of sp³-hybridized carbons (Fsp3) is 0.611. The van der Waals surface area contributed by atoms with Gasteiger partial charge in [0.2, 0.25) is 10.0 Å². The summed E-state index contributed by atoms with van der Waals surface area (Å²) in [5.41, 5.74) is 0.331. The molecule has 6 nitrogen and oxygen atoms in total. The zero-order chi connectivity index (χ0) is 19.3. The summed E-state index contributed by atoms with van der Waals surface area (Å²) in [6.45, 7) is 7.93. The monoisotopic (exact) mass is 402 g/mol. The first-order valence-electron chi connectivity index (χ1n) is 9.05. The average Bonchev–Trinajstić information content (AvgIpc) is 2.62. The molecule has 1 amide bonds. The summed E-state index contributed by atoms with van der Waals surface area (Å²) in [4.78, 5) is 14.6. The van der Waals surface area contributed by atoms with E-state index in [1.807, 2.05) is 6.92 Å². The van der Waals surface area contributed by atoms with Gasteiger partial charge in [0.1, 0.15) is 4.90 Å².